The van der Waals surface area contributed by atoms with E-state index in [1.54, 1.807) is 0 Å². The number of hydrogen-bond donors (Lipinski definition) is 26. The average molecular weight is 1400 g/mol. The standard InChI is InChI=1S/C52H88N2O41/c1-11(62)53-21-29(70)39(18(8-60)82-45(21)80)90-46-22(54-12(2)63)30(71)40(19(9-61)88-46)91-49-38(79)41(92-51-43(34(75)26(67)16(6-58)86-51)93-47-36(77)31(72)23(64)13(3-55)83-47)28(69)20(89-49)10-81-50-42(33(74)25(66)15(5-57)85-50)95-52-44(35(76)27(68)17(7-59)87-52)94-48-37(78)32(73)24(65)14(4-56)84-48/h13-52,55-61,64-80H,3-10H2,1-2H3,(H,53,62)(H,54,63)/t13-,14-,15-,16-,17-,18-,19-,20-,21-,22-,23-,24-,25-,26-,27-,28-,29-,30-,31+,32+,33+,34+,35+,36+,37+,38+,39-,40-,41+,42+,43+,44+,45-,46+,47-,48-,49+,50+,51-,52-/m1/s1. The molecule has 40 atom stereocenters. The summed E-state index contributed by atoms with van der Waals surface area (Å²) in [6.07, 6.45) is -78.7. The molecule has 0 bridgehead atoms. The third-order valence-corrected chi connectivity index (χ3v) is 17.4. The molecule has 43 nitrogen and oxygen atoms in total. The molecule has 26 N–H and O–H groups in total. The van der Waals surface area contributed by atoms with Gasteiger partial charge in [0.2, 0.25) is 11.8 Å². The molecule has 552 valence electrons. The number of ether oxygens (including phenoxy) is 15. The van der Waals surface area contributed by atoms with Gasteiger partial charge >= 0.3 is 0 Å². The summed E-state index contributed by atoms with van der Waals surface area (Å²) in [5, 5.41) is 266. The molecule has 8 aliphatic heterocycles. The van der Waals surface area contributed by atoms with Crippen LogP contribution in [0.15, 0.2) is 0 Å². The van der Waals surface area contributed by atoms with Gasteiger partial charge in [-0.15, -0.1) is 0 Å². The minimum absolute atomic E-state index is 0.766. The highest BCUT2D eigenvalue weighted by molar-refractivity contribution is 5.73. The first-order valence-corrected chi connectivity index (χ1v) is 30.1. The van der Waals surface area contributed by atoms with E-state index in [1.165, 1.54) is 0 Å². The zero-order valence-electron chi connectivity index (χ0n) is 50.4. The number of amides is 2. The Morgan fingerprint density at radius 1 is 0.274 bits per heavy atom. The summed E-state index contributed by atoms with van der Waals surface area (Å²) in [6, 6.07) is -3.49. The fourth-order valence-corrected chi connectivity index (χ4v) is 12.1. The number of rotatable bonds is 24. The van der Waals surface area contributed by atoms with Crippen molar-refractivity contribution in [2.75, 3.05) is 52.9 Å². The monoisotopic (exact) mass is 1400 g/mol. The van der Waals surface area contributed by atoms with Crippen LogP contribution in [0.2, 0.25) is 0 Å². The van der Waals surface area contributed by atoms with E-state index in [1.807, 2.05) is 0 Å². The molecule has 0 aromatic carbocycles. The molecule has 0 radical (unpaired) electrons. The SMILES string of the molecule is CC(=O)N[C@@H]1[C@@H](O)[C@H](O[C@@H]2O[C@H](CO)[C@@H](O[C@@H]3O[C@H](CO[C@H]4O[C@H](CO)[C@@H](O)[C@H](O)[C@@H]4O[C@H]4O[C@H](CO)[C@@H](O)[C@H](O)[C@@H]4O[C@H]4O[C@H](CO)[C@@H](O)[C@H](O)[C@@H]4O)[C@@H](O)[C@H](O[C@H]4O[C@H](CO)[C@@H](O)[C@H](O)[C@@H]4O[C@H]4O[C@H](CO)[C@@H](O)[C@H](O)[C@@H]4O)[C@@H]3O)[C@H](O)[C@H]2NC(C)=O)[C@@H](CO)O[C@H]1O. The van der Waals surface area contributed by atoms with Gasteiger partial charge in [0.25, 0.3) is 0 Å². The molecule has 0 unspecified atom stereocenters. The first kappa shape index (κ1) is 78.1. The summed E-state index contributed by atoms with van der Waals surface area (Å²) in [4.78, 5) is 24.9. The molecule has 2 amide bonds. The van der Waals surface area contributed by atoms with Crippen LogP contribution in [0.5, 0.6) is 0 Å². The maximum atomic E-state index is 12.8. The van der Waals surface area contributed by atoms with Crippen LogP contribution in [-0.4, -0.2) is 433 Å². The van der Waals surface area contributed by atoms with E-state index in [2.05, 4.69) is 10.6 Å². The first-order chi connectivity index (χ1) is 45.0. The molecule has 95 heavy (non-hydrogen) atoms. The van der Waals surface area contributed by atoms with Crippen molar-refractivity contribution in [3.05, 3.63) is 0 Å². The average Bonchev–Trinajstić information content (AvgIpc) is 0.781. The van der Waals surface area contributed by atoms with Crippen LogP contribution in [0.4, 0.5) is 0 Å². The van der Waals surface area contributed by atoms with E-state index in [4.69, 9.17) is 71.1 Å². The Balaban J connectivity index is 1.13. The number of carbonyl (C=O) groups excluding carboxylic acids is 2. The normalized spacial score (nSPS) is 50.8. The molecule has 8 saturated heterocycles. The maximum Gasteiger partial charge on any atom is 0.217 e. The van der Waals surface area contributed by atoms with Crippen molar-refractivity contribution in [3.8, 4) is 0 Å². The van der Waals surface area contributed by atoms with Gasteiger partial charge in [-0.1, -0.05) is 0 Å². The van der Waals surface area contributed by atoms with Gasteiger partial charge in [0.05, 0.1) is 52.9 Å². The Morgan fingerprint density at radius 3 is 0.989 bits per heavy atom. The lowest BCUT2D eigenvalue weighted by Gasteiger charge is -2.51. The lowest BCUT2D eigenvalue weighted by molar-refractivity contribution is -0.403. The van der Waals surface area contributed by atoms with Crippen molar-refractivity contribution in [1.29, 1.82) is 0 Å². The number of aliphatic hydroxyl groups is 24. The van der Waals surface area contributed by atoms with Crippen molar-refractivity contribution in [2.24, 2.45) is 0 Å². The molecular weight excluding hydrogens is 1310 g/mol. The van der Waals surface area contributed by atoms with Crippen LogP contribution >= 0.6 is 0 Å². The van der Waals surface area contributed by atoms with Crippen molar-refractivity contribution in [3.63, 3.8) is 0 Å². The molecule has 0 saturated carbocycles. The minimum Gasteiger partial charge on any atom is -0.394 e. The Morgan fingerprint density at radius 2 is 0.568 bits per heavy atom. The van der Waals surface area contributed by atoms with Gasteiger partial charge in [-0.3, -0.25) is 9.59 Å². The lowest BCUT2D eigenvalue weighted by atomic mass is 9.94. The van der Waals surface area contributed by atoms with Gasteiger partial charge in [-0.05, 0) is 0 Å². The smallest absolute Gasteiger partial charge is 0.217 e. The highest BCUT2D eigenvalue weighted by Crippen LogP contribution is 2.39. The van der Waals surface area contributed by atoms with Gasteiger partial charge in [0, 0.05) is 13.8 Å². The fourth-order valence-electron chi connectivity index (χ4n) is 12.1. The van der Waals surface area contributed by atoms with Crippen molar-refractivity contribution < 1.29 is 203 Å². The first-order valence-electron chi connectivity index (χ1n) is 30.1. The van der Waals surface area contributed by atoms with Crippen LogP contribution < -0.4 is 10.6 Å². The second-order valence-corrected chi connectivity index (χ2v) is 23.9. The number of hydrogen-bond acceptors (Lipinski definition) is 41. The van der Waals surface area contributed by atoms with Crippen LogP contribution in [0.25, 0.3) is 0 Å². The summed E-state index contributed by atoms with van der Waals surface area (Å²) in [6.45, 7) is -6.52. The van der Waals surface area contributed by atoms with Crippen LogP contribution in [0, 0.1) is 0 Å². The van der Waals surface area contributed by atoms with E-state index >= 15 is 0 Å². The largest absolute Gasteiger partial charge is 0.394 e. The van der Waals surface area contributed by atoms with Crippen LogP contribution in [0.3, 0.4) is 0 Å². The van der Waals surface area contributed by atoms with Crippen molar-refractivity contribution in [1.82, 2.24) is 10.6 Å². The number of nitrogens with one attached hydrogen (secondary N) is 2. The zero-order valence-corrected chi connectivity index (χ0v) is 50.4. The van der Waals surface area contributed by atoms with Gasteiger partial charge in [-0.2, -0.15) is 0 Å². The Hall–Kier alpha value is -2.62. The minimum atomic E-state index is -2.49. The summed E-state index contributed by atoms with van der Waals surface area (Å²) in [7, 11) is 0. The third kappa shape index (κ3) is 16.8. The van der Waals surface area contributed by atoms with Gasteiger partial charge in [0.1, 0.15) is 195 Å². The molecule has 0 aliphatic carbocycles. The second-order valence-electron chi connectivity index (χ2n) is 23.9. The van der Waals surface area contributed by atoms with E-state index in [9.17, 15) is 132 Å². The predicted molar refractivity (Wildman–Crippen MR) is 288 cm³/mol. The molecule has 8 fully saturated rings. The summed E-state index contributed by atoms with van der Waals surface area (Å²) in [5.41, 5.74) is 0. The highest BCUT2D eigenvalue weighted by atomic mass is 16.8. The Bertz CT molecular complexity index is 2380. The lowest BCUT2D eigenvalue weighted by Crippen LogP contribution is -2.70. The summed E-state index contributed by atoms with van der Waals surface area (Å²) < 4.78 is 87.3. The quantitative estimate of drug-likeness (QED) is 0.0427. The summed E-state index contributed by atoms with van der Waals surface area (Å²) >= 11 is 0. The molecule has 43 heteroatoms. The van der Waals surface area contributed by atoms with Crippen molar-refractivity contribution >= 4 is 11.8 Å². The molecule has 0 aromatic heterocycles. The van der Waals surface area contributed by atoms with E-state index in [0.717, 1.165) is 13.8 Å². The third-order valence-electron chi connectivity index (χ3n) is 17.4. The van der Waals surface area contributed by atoms with Crippen LogP contribution in [0.1, 0.15) is 13.8 Å². The molecule has 8 heterocycles. The van der Waals surface area contributed by atoms with E-state index in [-0.39, 0.29) is 0 Å². The highest BCUT2D eigenvalue weighted by Gasteiger charge is 2.60. The fraction of sp³-hybridized carbons (Fsp3) is 0.962. The second kappa shape index (κ2) is 33.9. The van der Waals surface area contributed by atoms with Gasteiger partial charge in [-0.25, -0.2) is 0 Å². The van der Waals surface area contributed by atoms with Gasteiger partial charge in [0.15, 0.2) is 50.3 Å². The Kier molecular flexibility index (Phi) is 27.9. The molecular formula is C52H88N2O41. The van der Waals surface area contributed by atoms with Crippen LogP contribution in [-0.2, 0) is 80.6 Å². The zero-order chi connectivity index (χ0) is 69.9. The predicted octanol–water partition coefficient (Wildman–Crippen LogP) is -18.2. The van der Waals surface area contributed by atoms with E-state index in [0.29, 0.717) is 0 Å². The maximum absolute atomic E-state index is 12.8. The topological polar surface area (TPSA) is 682 Å². The molecule has 8 aliphatic rings. The van der Waals surface area contributed by atoms with E-state index < -0.39 is 310 Å². The Labute approximate surface area is 536 Å². The molecule has 0 spiro atoms. The number of carbonyl (C=O) groups is 2. The summed E-state index contributed by atoms with van der Waals surface area (Å²) in [5.74, 6) is -1.68. The number of aliphatic hydroxyl groups excluding tert-OH is 24. The van der Waals surface area contributed by atoms with Gasteiger partial charge < -0.3 is 204 Å². The molecule has 8 rings (SSSR count). The molecule has 0 aromatic rings. The van der Waals surface area contributed by atoms with Crippen molar-refractivity contribution in [2.45, 2.75) is 259 Å².